The van der Waals surface area contributed by atoms with Gasteiger partial charge in [-0.05, 0) is 50.3 Å². The van der Waals surface area contributed by atoms with Gasteiger partial charge in [0.15, 0.2) is 11.5 Å². The number of nitrogens with zero attached hydrogens (tertiary/aromatic N) is 1. The first-order valence-electron chi connectivity index (χ1n) is 9.46. The van der Waals surface area contributed by atoms with E-state index in [1.165, 1.54) is 0 Å². The lowest BCUT2D eigenvalue weighted by Crippen LogP contribution is -2.41. The molecular weight excluding hydrogens is 358 g/mol. The Morgan fingerprint density at radius 1 is 1.04 bits per heavy atom. The summed E-state index contributed by atoms with van der Waals surface area (Å²) in [6.07, 6.45) is 5.46. The number of carbonyl (C=O) groups excluding carboxylic acids is 1. The Labute approximate surface area is 165 Å². The van der Waals surface area contributed by atoms with Crippen molar-refractivity contribution in [2.75, 3.05) is 19.5 Å². The second kappa shape index (κ2) is 9.30. The van der Waals surface area contributed by atoms with Crippen molar-refractivity contribution in [3.05, 3.63) is 42.1 Å². The monoisotopic (exact) mass is 385 g/mol. The summed E-state index contributed by atoms with van der Waals surface area (Å²) < 4.78 is 16.4. The van der Waals surface area contributed by atoms with Crippen molar-refractivity contribution in [3.8, 4) is 17.4 Å². The molecule has 150 valence electrons. The molecule has 2 amide bonds. The lowest BCUT2D eigenvalue weighted by Gasteiger charge is -2.29. The van der Waals surface area contributed by atoms with Crippen LogP contribution >= 0.6 is 0 Å². The molecular formula is C21H27N3O4. The van der Waals surface area contributed by atoms with Crippen LogP contribution < -0.4 is 24.8 Å². The van der Waals surface area contributed by atoms with Crippen molar-refractivity contribution in [1.82, 2.24) is 10.3 Å². The molecule has 1 aromatic heterocycles. The predicted octanol–water partition coefficient (Wildman–Crippen LogP) is 3.92. The molecule has 0 bridgehead atoms. The lowest BCUT2D eigenvalue weighted by molar-refractivity contribution is 0.135. The molecule has 1 heterocycles. The number of amides is 2. The highest BCUT2D eigenvalue weighted by atomic mass is 16.5. The van der Waals surface area contributed by atoms with Gasteiger partial charge < -0.3 is 24.8 Å². The van der Waals surface area contributed by atoms with Gasteiger partial charge in [-0.25, -0.2) is 9.78 Å². The molecule has 2 aromatic rings. The summed E-state index contributed by atoms with van der Waals surface area (Å²) in [6.45, 7) is 2.00. The molecule has 0 radical (unpaired) electrons. The van der Waals surface area contributed by atoms with E-state index in [-0.39, 0.29) is 18.2 Å². The fraction of sp³-hybridized carbons (Fsp3) is 0.429. The van der Waals surface area contributed by atoms with E-state index in [2.05, 4.69) is 15.6 Å². The summed E-state index contributed by atoms with van der Waals surface area (Å²) in [5, 5.41) is 5.88. The van der Waals surface area contributed by atoms with Crippen LogP contribution in [0.5, 0.6) is 17.4 Å². The molecule has 2 N–H and O–H groups in total. The number of urea groups is 1. The minimum Gasteiger partial charge on any atom is -0.493 e. The summed E-state index contributed by atoms with van der Waals surface area (Å²) in [5.74, 6) is 1.85. The summed E-state index contributed by atoms with van der Waals surface area (Å²) in [7, 11) is 3.14. The first-order valence-corrected chi connectivity index (χ1v) is 9.46. The lowest BCUT2D eigenvalue weighted by atomic mass is 9.93. The number of benzene rings is 1. The van der Waals surface area contributed by atoms with Crippen molar-refractivity contribution in [2.45, 2.75) is 44.8 Å². The highest BCUT2D eigenvalue weighted by Gasteiger charge is 2.24. The molecule has 1 aromatic carbocycles. The third-order valence-electron chi connectivity index (χ3n) is 4.82. The van der Waals surface area contributed by atoms with Crippen LogP contribution in [-0.4, -0.2) is 37.4 Å². The van der Waals surface area contributed by atoms with Gasteiger partial charge in [-0.3, -0.25) is 0 Å². The van der Waals surface area contributed by atoms with Crippen molar-refractivity contribution >= 4 is 11.7 Å². The highest BCUT2D eigenvalue weighted by Crippen LogP contribution is 2.30. The van der Waals surface area contributed by atoms with E-state index in [9.17, 15) is 4.79 Å². The molecule has 1 aliphatic carbocycles. The smallest absolute Gasteiger partial charge is 0.319 e. The van der Waals surface area contributed by atoms with E-state index in [1.807, 2.05) is 19.1 Å². The Balaban J connectivity index is 1.45. The van der Waals surface area contributed by atoms with Crippen molar-refractivity contribution < 1.29 is 19.0 Å². The average molecular weight is 385 g/mol. The number of pyridine rings is 1. The second-order valence-electron chi connectivity index (χ2n) is 6.93. The van der Waals surface area contributed by atoms with Crippen molar-refractivity contribution in [2.24, 2.45) is 0 Å². The maximum absolute atomic E-state index is 12.3. The SMILES string of the molecule is COc1ccc(NC(=O)NC2CCC(Oc3ccc(C)cn3)CC2)cc1OC. The zero-order valence-corrected chi connectivity index (χ0v) is 16.5. The molecule has 1 aliphatic rings. The van der Waals surface area contributed by atoms with Crippen molar-refractivity contribution in [3.63, 3.8) is 0 Å². The molecule has 0 unspecified atom stereocenters. The number of nitrogens with one attached hydrogen (secondary N) is 2. The van der Waals surface area contributed by atoms with E-state index < -0.39 is 0 Å². The van der Waals surface area contributed by atoms with Gasteiger partial charge in [0.05, 0.1) is 14.2 Å². The number of ether oxygens (including phenoxy) is 3. The molecule has 1 fully saturated rings. The first-order chi connectivity index (χ1) is 13.6. The Hall–Kier alpha value is -2.96. The van der Waals surface area contributed by atoms with Crippen LogP contribution in [-0.2, 0) is 0 Å². The Kier molecular flexibility index (Phi) is 6.57. The molecule has 0 spiro atoms. The number of aryl methyl sites for hydroxylation is 1. The van der Waals surface area contributed by atoms with Gasteiger partial charge in [0.2, 0.25) is 5.88 Å². The molecule has 7 nitrogen and oxygen atoms in total. The number of methoxy groups -OCH3 is 2. The normalized spacial score (nSPS) is 18.8. The summed E-state index contributed by atoms with van der Waals surface area (Å²) in [5.41, 5.74) is 1.76. The number of anilines is 1. The average Bonchev–Trinajstić information content (AvgIpc) is 2.71. The topological polar surface area (TPSA) is 81.7 Å². The van der Waals surface area contributed by atoms with Gasteiger partial charge >= 0.3 is 6.03 Å². The number of hydrogen-bond donors (Lipinski definition) is 2. The van der Waals surface area contributed by atoms with Crippen LogP contribution in [0.25, 0.3) is 0 Å². The third kappa shape index (κ3) is 5.28. The number of rotatable bonds is 6. The van der Waals surface area contributed by atoms with Crippen LogP contribution in [0.3, 0.4) is 0 Å². The standard InChI is InChI=1S/C21H27N3O4/c1-14-4-11-20(22-13-14)28-17-8-5-15(6-9-17)23-21(25)24-16-7-10-18(26-2)19(12-16)27-3/h4,7,10-13,15,17H,5-6,8-9H2,1-3H3,(H2,23,24,25). The first kappa shape index (κ1) is 19.8. The molecule has 0 atom stereocenters. The minimum atomic E-state index is -0.225. The van der Waals surface area contributed by atoms with Gasteiger partial charge in [0.1, 0.15) is 6.10 Å². The minimum absolute atomic E-state index is 0.131. The van der Waals surface area contributed by atoms with Gasteiger partial charge in [-0.2, -0.15) is 0 Å². The predicted molar refractivity (Wildman–Crippen MR) is 107 cm³/mol. The fourth-order valence-corrected chi connectivity index (χ4v) is 3.29. The van der Waals surface area contributed by atoms with E-state index >= 15 is 0 Å². The van der Waals surface area contributed by atoms with E-state index in [1.54, 1.807) is 38.6 Å². The van der Waals surface area contributed by atoms with Gasteiger partial charge in [-0.15, -0.1) is 0 Å². The zero-order valence-electron chi connectivity index (χ0n) is 16.5. The zero-order chi connectivity index (χ0) is 19.9. The Morgan fingerprint density at radius 2 is 1.79 bits per heavy atom. The quantitative estimate of drug-likeness (QED) is 0.788. The van der Waals surface area contributed by atoms with Crippen LogP contribution in [0.4, 0.5) is 10.5 Å². The fourth-order valence-electron chi connectivity index (χ4n) is 3.29. The van der Waals surface area contributed by atoms with Gasteiger partial charge in [0, 0.05) is 30.1 Å². The van der Waals surface area contributed by atoms with E-state index in [4.69, 9.17) is 14.2 Å². The largest absolute Gasteiger partial charge is 0.493 e. The molecule has 1 saturated carbocycles. The van der Waals surface area contributed by atoms with Crippen LogP contribution in [0.15, 0.2) is 36.5 Å². The number of carbonyl (C=O) groups is 1. The van der Waals surface area contributed by atoms with Crippen molar-refractivity contribution in [1.29, 1.82) is 0 Å². The molecule has 3 rings (SSSR count). The van der Waals surface area contributed by atoms with E-state index in [0.717, 1.165) is 31.2 Å². The molecule has 0 saturated heterocycles. The maximum Gasteiger partial charge on any atom is 0.319 e. The highest BCUT2D eigenvalue weighted by molar-refractivity contribution is 5.89. The molecule has 7 heteroatoms. The number of hydrogen-bond acceptors (Lipinski definition) is 5. The van der Waals surface area contributed by atoms with E-state index in [0.29, 0.717) is 23.1 Å². The summed E-state index contributed by atoms with van der Waals surface area (Å²) in [4.78, 5) is 16.6. The molecule has 28 heavy (non-hydrogen) atoms. The van der Waals surface area contributed by atoms with Gasteiger partial charge in [0.25, 0.3) is 0 Å². The Bertz CT molecular complexity index is 787. The van der Waals surface area contributed by atoms with Crippen LogP contribution in [0.2, 0.25) is 0 Å². The summed E-state index contributed by atoms with van der Waals surface area (Å²) in [6, 6.07) is 9.07. The molecule has 0 aliphatic heterocycles. The Morgan fingerprint density at radius 3 is 2.43 bits per heavy atom. The number of aromatic nitrogens is 1. The third-order valence-corrected chi connectivity index (χ3v) is 4.82. The van der Waals surface area contributed by atoms with Crippen LogP contribution in [0.1, 0.15) is 31.2 Å². The maximum atomic E-state index is 12.3. The van der Waals surface area contributed by atoms with Crippen LogP contribution in [0, 0.1) is 6.92 Å². The summed E-state index contributed by atoms with van der Waals surface area (Å²) >= 11 is 0. The second-order valence-corrected chi connectivity index (χ2v) is 6.93. The van der Waals surface area contributed by atoms with Gasteiger partial charge in [-0.1, -0.05) is 6.07 Å².